The molecule has 2 heterocycles. The molecule has 96 valence electrons. The number of benzene rings is 1. The molecule has 1 atom stereocenters. The Morgan fingerprint density at radius 1 is 1.17 bits per heavy atom. The molecule has 2 N–H and O–H groups in total. The molecule has 3 heteroatoms. The second-order valence-corrected chi connectivity index (χ2v) is 5.67. The third-order valence-corrected chi connectivity index (χ3v) is 4.53. The number of aromatic amines is 1. The first-order chi connectivity index (χ1) is 8.68. The number of nitrogens with one attached hydrogen (secondary N) is 2. The van der Waals surface area contributed by atoms with Crippen LogP contribution in [-0.2, 0) is 0 Å². The first-order valence-corrected chi connectivity index (χ1v) is 7.07. The van der Waals surface area contributed by atoms with E-state index in [9.17, 15) is 0 Å². The molecule has 3 rings (SSSR count). The smallest absolute Gasteiger partial charge is 0.0503 e. The summed E-state index contributed by atoms with van der Waals surface area (Å²) in [5.74, 6) is 0. The molecule has 0 radical (unpaired) electrons. The van der Waals surface area contributed by atoms with Gasteiger partial charge in [0.15, 0.2) is 0 Å². The van der Waals surface area contributed by atoms with Crippen LogP contribution in [0.5, 0.6) is 0 Å². The van der Waals surface area contributed by atoms with Crippen LogP contribution in [0.25, 0.3) is 10.9 Å². The lowest BCUT2D eigenvalue weighted by molar-refractivity contribution is 0.405. The van der Waals surface area contributed by atoms with Crippen molar-refractivity contribution in [2.75, 3.05) is 6.54 Å². The maximum absolute atomic E-state index is 6.20. The molecular formula is C15H19ClN2. The van der Waals surface area contributed by atoms with Crippen LogP contribution in [0.15, 0.2) is 12.1 Å². The van der Waals surface area contributed by atoms with Crippen LogP contribution in [-0.4, -0.2) is 11.5 Å². The normalized spacial score (nSPS) is 20.5. The summed E-state index contributed by atoms with van der Waals surface area (Å²) >= 11 is 6.20. The number of halogens is 1. The van der Waals surface area contributed by atoms with E-state index in [1.54, 1.807) is 0 Å². The predicted octanol–water partition coefficient (Wildman–Crippen LogP) is 4.25. The SMILES string of the molecule is Cc1c(C2CCCCN2)[nH]c2c(C)c(Cl)ccc12. The molecule has 0 bridgehead atoms. The predicted molar refractivity (Wildman–Crippen MR) is 77.4 cm³/mol. The average Bonchev–Trinajstić information content (AvgIpc) is 2.73. The Morgan fingerprint density at radius 2 is 2.00 bits per heavy atom. The van der Waals surface area contributed by atoms with E-state index in [0.717, 1.165) is 17.1 Å². The minimum Gasteiger partial charge on any atom is -0.357 e. The summed E-state index contributed by atoms with van der Waals surface area (Å²) in [6, 6.07) is 4.60. The molecule has 1 aromatic heterocycles. The molecule has 1 unspecified atom stereocenters. The van der Waals surface area contributed by atoms with Gasteiger partial charge < -0.3 is 10.3 Å². The molecule has 2 nitrogen and oxygen atoms in total. The van der Waals surface area contributed by atoms with Crippen molar-refractivity contribution in [1.29, 1.82) is 0 Å². The first kappa shape index (κ1) is 12.1. The molecular weight excluding hydrogens is 244 g/mol. The molecule has 0 amide bonds. The number of aryl methyl sites for hydroxylation is 2. The highest BCUT2D eigenvalue weighted by Gasteiger charge is 2.20. The van der Waals surface area contributed by atoms with Crippen LogP contribution in [0.4, 0.5) is 0 Å². The summed E-state index contributed by atoms with van der Waals surface area (Å²) in [7, 11) is 0. The van der Waals surface area contributed by atoms with Crippen LogP contribution in [0.3, 0.4) is 0 Å². The molecule has 2 aromatic rings. The number of piperidine rings is 1. The topological polar surface area (TPSA) is 27.8 Å². The maximum atomic E-state index is 6.20. The summed E-state index contributed by atoms with van der Waals surface area (Å²) in [6.45, 7) is 5.41. The van der Waals surface area contributed by atoms with E-state index < -0.39 is 0 Å². The Hall–Kier alpha value is -0.990. The van der Waals surface area contributed by atoms with Gasteiger partial charge in [-0.15, -0.1) is 0 Å². The van der Waals surface area contributed by atoms with Gasteiger partial charge in [-0.3, -0.25) is 0 Å². The van der Waals surface area contributed by atoms with Gasteiger partial charge in [-0.1, -0.05) is 24.1 Å². The van der Waals surface area contributed by atoms with Crippen LogP contribution in [0.1, 0.15) is 42.1 Å². The molecule has 18 heavy (non-hydrogen) atoms. The van der Waals surface area contributed by atoms with Crippen LogP contribution in [0, 0.1) is 13.8 Å². The van der Waals surface area contributed by atoms with Gasteiger partial charge in [0.1, 0.15) is 0 Å². The van der Waals surface area contributed by atoms with E-state index in [2.05, 4.69) is 30.2 Å². The summed E-state index contributed by atoms with van der Waals surface area (Å²) in [6.07, 6.45) is 3.83. The van der Waals surface area contributed by atoms with E-state index in [1.165, 1.54) is 41.4 Å². The summed E-state index contributed by atoms with van der Waals surface area (Å²) in [5.41, 5.74) is 5.06. The van der Waals surface area contributed by atoms with Gasteiger partial charge in [-0.05, 0) is 50.4 Å². The Labute approximate surface area is 113 Å². The van der Waals surface area contributed by atoms with Gasteiger partial charge in [0.25, 0.3) is 0 Å². The second-order valence-electron chi connectivity index (χ2n) is 5.26. The summed E-state index contributed by atoms with van der Waals surface area (Å²) in [4.78, 5) is 3.60. The van der Waals surface area contributed by atoms with Gasteiger partial charge in [-0.25, -0.2) is 0 Å². The highest BCUT2D eigenvalue weighted by molar-refractivity contribution is 6.32. The van der Waals surface area contributed by atoms with Crippen molar-refractivity contribution in [2.45, 2.75) is 39.2 Å². The Morgan fingerprint density at radius 3 is 2.72 bits per heavy atom. The van der Waals surface area contributed by atoms with E-state index in [-0.39, 0.29) is 0 Å². The van der Waals surface area contributed by atoms with Gasteiger partial charge >= 0.3 is 0 Å². The second kappa shape index (κ2) is 4.60. The summed E-state index contributed by atoms with van der Waals surface area (Å²) < 4.78 is 0. The summed E-state index contributed by atoms with van der Waals surface area (Å²) in [5, 5.41) is 5.75. The van der Waals surface area contributed by atoms with Crippen molar-refractivity contribution in [3.8, 4) is 0 Å². The molecule has 0 saturated carbocycles. The van der Waals surface area contributed by atoms with Crippen molar-refractivity contribution in [3.63, 3.8) is 0 Å². The number of H-pyrrole nitrogens is 1. The maximum Gasteiger partial charge on any atom is 0.0503 e. The number of hydrogen-bond acceptors (Lipinski definition) is 1. The molecule has 1 aliphatic rings. The lowest BCUT2D eigenvalue weighted by Gasteiger charge is -2.23. The molecule has 0 spiro atoms. The number of fused-ring (bicyclic) bond motifs is 1. The minimum absolute atomic E-state index is 0.476. The largest absolute Gasteiger partial charge is 0.357 e. The van der Waals surface area contributed by atoms with E-state index in [4.69, 9.17) is 11.6 Å². The standard InChI is InChI=1S/C15H19ClN2/c1-9-11-6-7-12(16)10(2)14(11)18-15(9)13-5-3-4-8-17-13/h6-7,13,17-18H,3-5,8H2,1-2H3. The average molecular weight is 263 g/mol. The Balaban J connectivity index is 2.13. The van der Waals surface area contributed by atoms with Crippen LogP contribution < -0.4 is 5.32 Å². The van der Waals surface area contributed by atoms with Crippen molar-refractivity contribution in [1.82, 2.24) is 10.3 Å². The minimum atomic E-state index is 0.476. The quantitative estimate of drug-likeness (QED) is 0.790. The van der Waals surface area contributed by atoms with E-state index in [0.29, 0.717) is 6.04 Å². The number of hydrogen-bond donors (Lipinski definition) is 2. The molecule has 1 aliphatic heterocycles. The molecule has 1 saturated heterocycles. The Bertz CT molecular complexity index is 580. The monoisotopic (exact) mass is 262 g/mol. The highest BCUT2D eigenvalue weighted by Crippen LogP contribution is 2.33. The molecule has 1 aromatic carbocycles. The van der Waals surface area contributed by atoms with Gasteiger partial charge in [-0.2, -0.15) is 0 Å². The fourth-order valence-electron chi connectivity index (χ4n) is 2.98. The lowest BCUT2D eigenvalue weighted by Crippen LogP contribution is -2.27. The zero-order valence-electron chi connectivity index (χ0n) is 10.9. The third-order valence-electron chi connectivity index (χ3n) is 4.13. The van der Waals surface area contributed by atoms with E-state index in [1.807, 2.05) is 6.07 Å². The van der Waals surface area contributed by atoms with E-state index >= 15 is 0 Å². The van der Waals surface area contributed by atoms with Gasteiger partial charge in [0.05, 0.1) is 5.52 Å². The zero-order chi connectivity index (χ0) is 12.7. The first-order valence-electron chi connectivity index (χ1n) is 6.69. The van der Waals surface area contributed by atoms with Gasteiger partial charge in [0, 0.05) is 22.1 Å². The Kier molecular flexibility index (Phi) is 3.08. The van der Waals surface area contributed by atoms with Crippen LogP contribution in [0.2, 0.25) is 5.02 Å². The van der Waals surface area contributed by atoms with Gasteiger partial charge in [0.2, 0.25) is 0 Å². The highest BCUT2D eigenvalue weighted by atomic mass is 35.5. The van der Waals surface area contributed by atoms with Crippen molar-refractivity contribution in [2.24, 2.45) is 0 Å². The number of aromatic nitrogens is 1. The number of rotatable bonds is 1. The van der Waals surface area contributed by atoms with Crippen molar-refractivity contribution >= 4 is 22.5 Å². The fraction of sp³-hybridized carbons (Fsp3) is 0.467. The molecule has 0 aliphatic carbocycles. The van der Waals surface area contributed by atoms with Crippen molar-refractivity contribution < 1.29 is 0 Å². The zero-order valence-corrected chi connectivity index (χ0v) is 11.7. The van der Waals surface area contributed by atoms with Crippen molar-refractivity contribution in [3.05, 3.63) is 34.0 Å². The fourth-order valence-corrected chi connectivity index (χ4v) is 3.14. The third kappa shape index (κ3) is 1.84. The molecule has 1 fully saturated rings. The lowest BCUT2D eigenvalue weighted by atomic mass is 9.99. The van der Waals surface area contributed by atoms with Crippen LogP contribution >= 0.6 is 11.6 Å².